The summed E-state index contributed by atoms with van der Waals surface area (Å²) in [5.41, 5.74) is 0.841. The van der Waals surface area contributed by atoms with Crippen molar-refractivity contribution >= 4 is 0 Å². The molecule has 0 spiro atoms. The lowest BCUT2D eigenvalue weighted by atomic mass is 10.2. The number of nitriles is 1. The van der Waals surface area contributed by atoms with Gasteiger partial charge in [-0.15, -0.1) is 0 Å². The monoisotopic (exact) mass is 243 g/mol. The molecule has 0 radical (unpaired) electrons. The van der Waals surface area contributed by atoms with E-state index < -0.39 is 0 Å². The van der Waals surface area contributed by atoms with Gasteiger partial charge in [0.25, 0.3) is 0 Å². The van der Waals surface area contributed by atoms with Gasteiger partial charge in [0.05, 0.1) is 12.7 Å². The Bertz CT molecular complexity index is 557. The van der Waals surface area contributed by atoms with E-state index in [-0.39, 0.29) is 0 Å². The van der Waals surface area contributed by atoms with Crippen LogP contribution in [0.2, 0.25) is 0 Å². The second kappa shape index (κ2) is 5.82. The predicted octanol–water partition coefficient (Wildman–Crippen LogP) is 2.59. The van der Waals surface area contributed by atoms with Crippen LogP contribution in [0.1, 0.15) is 19.2 Å². The van der Waals surface area contributed by atoms with Crippen LogP contribution in [0.25, 0.3) is 11.4 Å². The highest BCUT2D eigenvalue weighted by Gasteiger charge is 2.08. The van der Waals surface area contributed by atoms with Crippen LogP contribution < -0.4 is 4.74 Å². The van der Waals surface area contributed by atoms with Gasteiger partial charge in [0, 0.05) is 18.4 Å². The number of hydrogen-bond acceptors (Lipinski definition) is 5. The molecular formula is C13H13N3O2. The largest absolute Gasteiger partial charge is 0.494 e. The van der Waals surface area contributed by atoms with E-state index in [1.807, 2.05) is 37.3 Å². The van der Waals surface area contributed by atoms with Crippen LogP contribution in [0.15, 0.2) is 28.8 Å². The Labute approximate surface area is 105 Å². The average Bonchev–Trinajstić information content (AvgIpc) is 2.86. The van der Waals surface area contributed by atoms with Gasteiger partial charge in [-0.05, 0) is 19.1 Å². The maximum absolute atomic E-state index is 8.49. The third-order valence-corrected chi connectivity index (χ3v) is 2.32. The smallest absolute Gasteiger partial charge is 0.227 e. The zero-order valence-electron chi connectivity index (χ0n) is 10.1. The van der Waals surface area contributed by atoms with Crippen molar-refractivity contribution in [2.45, 2.75) is 19.8 Å². The van der Waals surface area contributed by atoms with Crippen LogP contribution in [-0.2, 0) is 6.42 Å². The van der Waals surface area contributed by atoms with Gasteiger partial charge in [0.1, 0.15) is 5.75 Å². The molecule has 0 N–H and O–H groups in total. The lowest BCUT2D eigenvalue weighted by Crippen LogP contribution is -1.91. The van der Waals surface area contributed by atoms with Crippen LogP contribution >= 0.6 is 0 Å². The molecule has 2 rings (SSSR count). The molecule has 1 heterocycles. The summed E-state index contributed by atoms with van der Waals surface area (Å²) < 4.78 is 10.5. The first-order chi connectivity index (χ1) is 8.83. The van der Waals surface area contributed by atoms with Crippen LogP contribution in [0.5, 0.6) is 5.75 Å². The molecular weight excluding hydrogens is 230 g/mol. The zero-order chi connectivity index (χ0) is 12.8. The molecule has 0 aliphatic carbocycles. The summed E-state index contributed by atoms with van der Waals surface area (Å²) >= 11 is 0. The minimum atomic E-state index is 0.376. The molecule has 1 aromatic heterocycles. The van der Waals surface area contributed by atoms with E-state index in [1.165, 1.54) is 0 Å². The van der Waals surface area contributed by atoms with Gasteiger partial charge >= 0.3 is 0 Å². The van der Waals surface area contributed by atoms with Crippen molar-refractivity contribution in [3.8, 4) is 23.2 Å². The fourth-order valence-corrected chi connectivity index (χ4v) is 1.53. The molecule has 0 fully saturated rings. The molecule has 1 aromatic carbocycles. The van der Waals surface area contributed by atoms with Crippen molar-refractivity contribution in [3.05, 3.63) is 30.2 Å². The van der Waals surface area contributed by atoms with Crippen molar-refractivity contribution in [2.75, 3.05) is 6.61 Å². The van der Waals surface area contributed by atoms with Crippen molar-refractivity contribution < 1.29 is 9.26 Å². The summed E-state index contributed by atoms with van der Waals surface area (Å²) in [7, 11) is 0. The Morgan fingerprint density at radius 2 is 2.33 bits per heavy atom. The van der Waals surface area contributed by atoms with Gasteiger partial charge in [-0.25, -0.2) is 0 Å². The molecule has 0 amide bonds. The first kappa shape index (κ1) is 12.1. The first-order valence-corrected chi connectivity index (χ1v) is 5.76. The second-order valence-electron chi connectivity index (χ2n) is 3.63. The van der Waals surface area contributed by atoms with Gasteiger partial charge < -0.3 is 9.26 Å². The van der Waals surface area contributed by atoms with E-state index in [0.29, 0.717) is 31.2 Å². The van der Waals surface area contributed by atoms with Crippen molar-refractivity contribution in [3.63, 3.8) is 0 Å². The van der Waals surface area contributed by atoms with E-state index in [9.17, 15) is 0 Å². The third-order valence-electron chi connectivity index (χ3n) is 2.32. The summed E-state index contributed by atoms with van der Waals surface area (Å²) in [4.78, 5) is 4.23. The standard InChI is InChI=1S/C13H13N3O2/c1-2-17-11-6-3-5-10(9-11)13-15-12(18-16-13)7-4-8-14/h3,5-6,9H,2,4,7H2,1H3. The van der Waals surface area contributed by atoms with Gasteiger partial charge in [-0.1, -0.05) is 17.3 Å². The molecule has 0 aliphatic heterocycles. The minimum absolute atomic E-state index is 0.376. The average molecular weight is 243 g/mol. The van der Waals surface area contributed by atoms with Crippen LogP contribution in [0.3, 0.4) is 0 Å². The maximum atomic E-state index is 8.49. The molecule has 0 saturated heterocycles. The third kappa shape index (κ3) is 2.86. The molecule has 2 aromatic rings. The molecule has 92 valence electrons. The van der Waals surface area contributed by atoms with E-state index >= 15 is 0 Å². The van der Waals surface area contributed by atoms with Gasteiger partial charge in [-0.2, -0.15) is 10.2 Å². The maximum Gasteiger partial charge on any atom is 0.227 e. The highest BCUT2D eigenvalue weighted by molar-refractivity contribution is 5.56. The lowest BCUT2D eigenvalue weighted by Gasteiger charge is -2.02. The molecule has 0 aliphatic rings. The molecule has 0 atom stereocenters. The summed E-state index contributed by atoms with van der Waals surface area (Å²) in [6.45, 7) is 2.55. The summed E-state index contributed by atoms with van der Waals surface area (Å²) in [5, 5.41) is 12.4. The van der Waals surface area contributed by atoms with Crippen molar-refractivity contribution in [1.82, 2.24) is 10.1 Å². The number of rotatable bonds is 5. The Morgan fingerprint density at radius 3 is 3.11 bits per heavy atom. The number of nitrogens with zero attached hydrogens (tertiary/aromatic N) is 3. The fraction of sp³-hybridized carbons (Fsp3) is 0.308. The Balaban J connectivity index is 2.18. The Morgan fingerprint density at radius 1 is 1.44 bits per heavy atom. The van der Waals surface area contributed by atoms with E-state index in [2.05, 4.69) is 10.1 Å². The minimum Gasteiger partial charge on any atom is -0.494 e. The first-order valence-electron chi connectivity index (χ1n) is 5.76. The molecule has 0 unspecified atom stereocenters. The summed E-state index contributed by atoms with van der Waals surface area (Å²) in [6, 6.07) is 9.56. The number of aromatic nitrogens is 2. The molecule has 5 heteroatoms. The fourth-order valence-electron chi connectivity index (χ4n) is 1.53. The van der Waals surface area contributed by atoms with E-state index in [0.717, 1.165) is 11.3 Å². The number of aryl methyl sites for hydroxylation is 1. The molecule has 0 bridgehead atoms. The van der Waals surface area contributed by atoms with Crippen LogP contribution in [-0.4, -0.2) is 16.7 Å². The second-order valence-corrected chi connectivity index (χ2v) is 3.63. The van der Waals surface area contributed by atoms with Crippen LogP contribution in [0.4, 0.5) is 0 Å². The molecule has 0 saturated carbocycles. The normalized spacial score (nSPS) is 10.0. The SMILES string of the molecule is CCOc1cccc(-c2noc(CCC#N)n2)c1. The zero-order valence-corrected chi connectivity index (χ0v) is 10.1. The van der Waals surface area contributed by atoms with Gasteiger partial charge in [0.2, 0.25) is 11.7 Å². The summed E-state index contributed by atoms with van der Waals surface area (Å²) in [6.07, 6.45) is 0.856. The van der Waals surface area contributed by atoms with Crippen LogP contribution in [0, 0.1) is 11.3 Å². The quantitative estimate of drug-likeness (QED) is 0.807. The predicted molar refractivity (Wildman–Crippen MR) is 64.8 cm³/mol. The Hall–Kier alpha value is -2.35. The highest BCUT2D eigenvalue weighted by atomic mass is 16.5. The van der Waals surface area contributed by atoms with Gasteiger partial charge in [0.15, 0.2) is 0 Å². The lowest BCUT2D eigenvalue weighted by molar-refractivity contribution is 0.340. The van der Waals surface area contributed by atoms with Crippen molar-refractivity contribution in [1.29, 1.82) is 5.26 Å². The molecule has 5 nitrogen and oxygen atoms in total. The van der Waals surface area contributed by atoms with E-state index in [4.69, 9.17) is 14.5 Å². The topological polar surface area (TPSA) is 71.9 Å². The molecule has 18 heavy (non-hydrogen) atoms. The number of benzene rings is 1. The number of ether oxygens (including phenoxy) is 1. The van der Waals surface area contributed by atoms with Gasteiger partial charge in [-0.3, -0.25) is 0 Å². The Kier molecular flexibility index (Phi) is 3.92. The van der Waals surface area contributed by atoms with E-state index in [1.54, 1.807) is 0 Å². The summed E-state index contributed by atoms with van der Waals surface area (Å²) in [5.74, 6) is 1.77. The highest BCUT2D eigenvalue weighted by Crippen LogP contribution is 2.21. The van der Waals surface area contributed by atoms with Crippen molar-refractivity contribution in [2.24, 2.45) is 0 Å². The number of hydrogen-bond donors (Lipinski definition) is 0.